The van der Waals surface area contributed by atoms with Gasteiger partial charge in [0.1, 0.15) is 0 Å². The second kappa shape index (κ2) is 6.23. The summed E-state index contributed by atoms with van der Waals surface area (Å²) >= 11 is 0. The Kier molecular flexibility index (Phi) is 4.61. The number of halogens is 3. The molecule has 0 radical (unpaired) electrons. The van der Waals surface area contributed by atoms with E-state index in [0.29, 0.717) is 0 Å². The monoisotopic (exact) mass is 356 g/mol. The van der Waals surface area contributed by atoms with Crippen molar-refractivity contribution in [1.82, 2.24) is 5.32 Å². The SMILES string of the molecule is COC(=O)C1=CNC(C)(c2ccccc2C(F)(F)F)C([N+](=O)[O-])=C1C. The van der Waals surface area contributed by atoms with Gasteiger partial charge in [0.25, 0.3) is 5.70 Å². The number of methoxy groups -OCH3 is 1. The van der Waals surface area contributed by atoms with Crippen molar-refractivity contribution in [2.45, 2.75) is 25.6 Å². The van der Waals surface area contributed by atoms with Crippen LogP contribution < -0.4 is 5.32 Å². The Labute approximate surface area is 141 Å². The Morgan fingerprint density at radius 1 is 1.32 bits per heavy atom. The van der Waals surface area contributed by atoms with Gasteiger partial charge in [-0.1, -0.05) is 18.2 Å². The maximum Gasteiger partial charge on any atom is 0.416 e. The van der Waals surface area contributed by atoms with Crippen LogP contribution >= 0.6 is 0 Å². The van der Waals surface area contributed by atoms with Gasteiger partial charge in [0, 0.05) is 17.3 Å². The van der Waals surface area contributed by atoms with Crippen LogP contribution in [0.2, 0.25) is 0 Å². The molecule has 0 aromatic heterocycles. The average molecular weight is 356 g/mol. The Hall–Kier alpha value is -2.84. The summed E-state index contributed by atoms with van der Waals surface area (Å²) in [6.07, 6.45) is -3.55. The van der Waals surface area contributed by atoms with Crippen LogP contribution in [0.4, 0.5) is 13.2 Å². The number of carbonyl (C=O) groups is 1. The molecule has 1 aromatic rings. The topological polar surface area (TPSA) is 81.5 Å². The molecule has 1 N–H and O–H groups in total. The number of esters is 1. The smallest absolute Gasteiger partial charge is 0.416 e. The summed E-state index contributed by atoms with van der Waals surface area (Å²) < 4.78 is 44.6. The van der Waals surface area contributed by atoms with Gasteiger partial charge in [-0.25, -0.2) is 4.79 Å². The lowest BCUT2D eigenvalue weighted by molar-refractivity contribution is -0.438. The first-order valence-electron chi connectivity index (χ1n) is 7.13. The van der Waals surface area contributed by atoms with Gasteiger partial charge in [-0.15, -0.1) is 0 Å². The molecule has 0 fully saturated rings. The number of ether oxygens (including phenoxy) is 1. The minimum Gasteiger partial charge on any atom is -0.465 e. The minimum atomic E-state index is -4.69. The Morgan fingerprint density at radius 3 is 2.44 bits per heavy atom. The van der Waals surface area contributed by atoms with Crippen molar-refractivity contribution in [2.75, 3.05) is 7.11 Å². The summed E-state index contributed by atoms with van der Waals surface area (Å²) in [6, 6.07) is 4.60. The highest BCUT2D eigenvalue weighted by Gasteiger charge is 2.49. The van der Waals surface area contributed by atoms with Crippen LogP contribution in [0.1, 0.15) is 25.0 Å². The number of nitrogens with zero attached hydrogens (tertiary/aromatic N) is 1. The van der Waals surface area contributed by atoms with Crippen LogP contribution in [0.15, 0.2) is 47.3 Å². The quantitative estimate of drug-likeness (QED) is 0.511. The van der Waals surface area contributed by atoms with Crippen LogP contribution in [-0.2, 0) is 21.2 Å². The van der Waals surface area contributed by atoms with Crippen molar-refractivity contribution in [1.29, 1.82) is 0 Å². The van der Waals surface area contributed by atoms with Crippen LogP contribution in [0, 0.1) is 10.1 Å². The first-order chi connectivity index (χ1) is 11.5. The fraction of sp³-hybridized carbons (Fsp3) is 0.312. The van der Waals surface area contributed by atoms with Crippen molar-refractivity contribution in [3.63, 3.8) is 0 Å². The number of nitrogens with one attached hydrogen (secondary N) is 1. The van der Waals surface area contributed by atoms with Crippen molar-refractivity contribution in [3.8, 4) is 0 Å². The first-order valence-corrected chi connectivity index (χ1v) is 7.13. The molecular weight excluding hydrogens is 341 g/mol. The minimum absolute atomic E-state index is 0.0601. The number of carbonyl (C=O) groups excluding carboxylic acids is 1. The zero-order valence-corrected chi connectivity index (χ0v) is 13.6. The van der Waals surface area contributed by atoms with Gasteiger partial charge in [0.15, 0.2) is 5.54 Å². The molecule has 1 heterocycles. The van der Waals surface area contributed by atoms with E-state index in [4.69, 9.17) is 0 Å². The van der Waals surface area contributed by atoms with E-state index in [9.17, 15) is 28.1 Å². The van der Waals surface area contributed by atoms with Gasteiger partial charge >= 0.3 is 12.1 Å². The van der Waals surface area contributed by atoms with Crippen LogP contribution in [0.3, 0.4) is 0 Å². The van der Waals surface area contributed by atoms with Crippen molar-refractivity contribution < 1.29 is 27.6 Å². The Balaban J connectivity index is 2.73. The summed E-state index contributed by atoms with van der Waals surface area (Å²) in [4.78, 5) is 22.6. The zero-order valence-electron chi connectivity index (χ0n) is 13.6. The third-order valence-electron chi connectivity index (χ3n) is 4.10. The summed E-state index contributed by atoms with van der Waals surface area (Å²) in [7, 11) is 1.11. The lowest BCUT2D eigenvalue weighted by Crippen LogP contribution is -2.45. The summed E-state index contributed by atoms with van der Waals surface area (Å²) in [5, 5.41) is 14.2. The first kappa shape index (κ1) is 18.5. The standard InChI is InChI=1S/C16H15F3N2O4/c1-9-10(14(22)25-3)8-20-15(2,13(9)21(23)24)11-6-4-5-7-12(11)16(17,18)19/h4-8,20H,1-3H3. The van der Waals surface area contributed by atoms with Crippen molar-refractivity contribution >= 4 is 5.97 Å². The Morgan fingerprint density at radius 2 is 1.92 bits per heavy atom. The second-order valence-corrected chi connectivity index (χ2v) is 5.59. The maximum absolute atomic E-state index is 13.4. The number of alkyl halides is 3. The number of hydrogen-bond acceptors (Lipinski definition) is 5. The fourth-order valence-electron chi connectivity index (χ4n) is 2.91. The second-order valence-electron chi connectivity index (χ2n) is 5.59. The van der Waals surface area contributed by atoms with E-state index >= 15 is 0 Å². The molecule has 9 heteroatoms. The van der Waals surface area contributed by atoms with Crippen LogP contribution in [0.25, 0.3) is 0 Å². The third-order valence-corrected chi connectivity index (χ3v) is 4.10. The zero-order chi connectivity index (χ0) is 19.0. The lowest BCUT2D eigenvalue weighted by atomic mass is 9.80. The maximum atomic E-state index is 13.4. The predicted octanol–water partition coefficient (Wildman–Crippen LogP) is 3.13. The Bertz CT molecular complexity index is 799. The number of rotatable bonds is 3. The van der Waals surface area contributed by atoms with E-state index in [-0.39, 0.29) is 16.7 Å². The summed E-state index contributed by atoms with van der Waals surface area (Å²) in [5.74, 6) is -0.824. The molecule has 0 amide bonds. The van der Waals surface area contributed by atoms with E-state index in [1.165, 1.54) is 32.0 Å². The largest absolute Gasteiger partial charge is 0.465 e. The number of dihydropyridines is 1. The molecule has 6 nitrogen and oxygen atoms in total. The van der Waals surface area contributed by atoms with Gasteiger partial charge in [-0.2, -0.15) is 13.2 Å². The molecular formula is C16H15F3N2O4. The van der Waals surface area contributed by atoms with Gasteiger partial charge in [-0.05, 0) is 19.9 Å². The highest BCUT2D eigenvalue weighted by molar-refractivity contribution is 5.93. The van der Waals surface area contributed by atoms with Crippen molar-refractivity contribution in [3.05, 3.63) is 68.5 Å². The molecule has 25 heavy (non-hydrogen) atoms. The molecule has 0 saturated heterocycles. The molecule has 134 valence electrons. The molecule has 0 bridgehead atoms. The van der Waals surface area contributed by atoms with Crippen LogP contribution in [-0.4, -0.2) is 18.0 Å². The highest BCUT2D eigenvalue weighted by atomic mass is 19.4. The average Bonchev–Trinajstić information content (AvgIpc) is 2.53. The third kappa shape index (κ3) is 3.09. The number of hydrogen-bond donors (Lipinski definition) is 1. The molecule has 1 aliphatic heterocycles. The van der Waals surface area contributed by atoms with Gasteiger partial charge in [0.2, 0.25) is 0 Å². The van der Waals surface area contributed by atoms with Gasteiger partial charge < -0.3 is 10.1 Å². The van der Waals surface area contributed by atoms with Crippen LogP contribution in [0.5, 0.6) is 0 Å². The van der Waals surface area contributed by atoms with E-state index in [2.05, 4.69) is 10.1 Å². The molecule has 0 spiro atoms. The van der Waals surface area contributed by atoms with E-state index in [1.54, 1.807) is 0 Å². The van der Waals surface area contributed by atoms with Crippen molar-refractivity contribution in [2.24, 2.45) is 0 Å². The molecule has 1 unspecified atom stereocenters. The van der Waals surface area contributed by atoms with E-state index < -0.39 is 33.9 Å². The van der Waals surface area contributed by atoms with Gasteiger partial charge in [-0.3, -0.25) is 10.1 Å². The summed E-state index contributed by atoms with van der Waals surface area (Å²) in [6.45, 7) is 2.57. The van der Waals surface area contributed by atoms with Gasteiger partial charge in [0.05, 0.1) is 23.2 Å². The molecule has 2 rings (SSSR count). The number of nitro groups is 1. The number of benzene rings is 1. The highest BCUT2D eigenvalue weighted by Crippen LogP contribution is 2.42. The molecule has 1 aromatic carbocycles. The van der Waals surface area contributed by atoms with E-state index in [0.717, 1.165) is 19.4 Å². The normalized spacial score (nSPS) is 20.6. The predicted molar refractivity (Wildman–Crippen MR) is 81.7 cm³/mol. The fourth-order valence-corrected chi connectivity index (χ4v) is 2.91. The molecule has 1 atom stereocenters. The summed E-state index contributed by atoms with van der Waals surface area (Å²) in [5.41, 5.74) is -3.81. The molecule has 0 aliphatic carbocycles. The molecule has 1 aliphatic rings. The molecule has 0 saturated carbocycles. The van der Waals surface area contributed by atoms with E-state index in [1.807, 2.05) is 0 Å². The lowest BCUT2D eigenvalue weighted by Gasteiger charge is -2.34.